The highest BCUT2D eigenvalue weighted by molar-refractivity contribution is 7.16. The first kappa shape index (κ1) is 14.5. The Morgan fingerprint density at radius 2 is 2.00 bits per heavy atom. The number of rotatable bonds is 5. The summed E-state index contributed by atoms with van der Waals surface area (Å²) in [5.74, 6) is 1.58. The fourth-order valence-corrected chi connectivity index (χ4v) is 3.55. The minimum absolute atomic E-state index is 0.219. The number of halogens is 1. The molecule has 1 aromatic heterocycles. The maximum Gasteiger partial charge on any atom is 0.231 e. The number of hydrogen-bond donors (Lipinski definition) is 2. The van der Waals surface area contributed by atoms with Gasteiger partial charge in [0.25, 0.3) is 0 Å². The second-order valence-electron chi connectivity index (χ2n) is 5.00. The number of benzene rings is 1. The quantitative estimate of drug-likeness (QED) is 0.887. The van der Waals surface area contributed by atoms with Gasteiger partial charge in [-0.15, -0.1) is 11.3 Å². The van der Waals surface area contributed by atoms with Gasteiger partial charge in [-0.1, -0.05) is 11.6 Å². The second kappa shape index (κ2) is 6.13. The normalized spacial score (nSPS) is 14.4. The molecule has 0 radical (unpaired) electrons. The van der Waals surface area contributed by atoms with E-state index in [1.54, 1.807) is 17.4 Å². The van der Waals surface area contributed by atoms with Crippen LogP contribution in [0.2, 0.25) is 4.34 Å². The molecule has 1 aliphatic rings. The monoisotopic (exact) mass is 326 g/mol. The molecule has 0 saturated heterocycles. The van der Waals surface area contributed by atoms with Gasteiger partial charge in [0.15, 0.2) is 11.5 Å². The number of thiophene rings is 1. The SMILES string of the molecule is CC[NH+](Cc1ccc(Cl)s1)Cc1cc2c(cc1O)OCO2. The average molecular weight is 327 g/mol. The van der Waals surface area contributed by atoms with Crippen LogP contribution < -0.4 is 14.4 Å². The summed E-state index contributed by atoms with van der Waals surface area (Å²) >= 11 is 7.58. The van der Waals surface area contributed by atoms with Crippen LogP contribution >= 0.6 is 22.9 Å². The maximum atomic E-state index is 10.1. The lowest BCUT2D eigenvalue weighted by Crippen LogP contribution is -3.09. The van der Waals surface area contributed by atoms with Crippen molar-refractivity contribution in [1.29, 1.82) is 0 Å². The van der Waals surface area contributed by atoms with Crippen molar-refractivity contribution < 1.29 is 19.5 Å². The lowest BCUT2D eigenvalue weighted by molar-refractivity contribution is -0.925. The molecule has 4 nitrogen and oxygen atoms in total. The van der Waals surface area contributed by atoms with Gasteiger partial charge in [-0.05, 0) is 25.1 Å². The summed E-state index contributed by atoms with van der Waals surface area (Å²) in [6, 6.07) is 7.48. The molecule has 6 heteroatoms. The number of ether oxygens (including phenoxy) is 2. The Bertz CT molecular complexity index is 644. The van der Waals surface area contributed by atoms with Crippen LogP contribution in [0.15, 0.2) is 24.3 Å². The van der Waals surface area contributed by atoms with Crippen molar-refractivity contribution in [3.05, 3.63) is 39.0 Å². The Kier molecular flexibility index (Phi) is 4.24. The number of hydrogen-bond acceptors (Lipinski definition) is 4. The van der Waals surface area contributed by atoms with Crippen molar-refractivity contribution in [1.82, 2.24) is 0 Å². The molecule has 0 saturated carbocycles. The molecule has 3 rings (SSSR count). The summed E-state index contributed by atoms with van der Waals surface area (Å²) in [4.78, 5) is 2.60. The van der Waals surface area contributed by atoms with E-state index in [0.717, 1.165) is 29.5 Å². The van der Waals surface area contributed by atoms with Gasteiger partial charge in [-0.2, -0.15) is 0 Å². The van der Waals surface area contributed by atoms with E-state index in [2.05, 4.69) is 13.0 Å². The number of quaternary nitrogens is 1. The van der Waals surface area contributed by atoms with E-state index in [4.69, 9.17) is 21.1 Å². The molecule has 0 bridgehead atoms. The van der Waals surface area contributed by atoms with Crippen molar-refractivity contribution in [2.75, 3.05) is 13.3 Å². The third-order valence-electron chi connectivity index (χ3n) is 3.57. The first-order valence-corrected chi connectivity index (χ1v) is 8.04. The lowest BCUT2D eigenvalue weighted by atomic mass is 10.1. The summed E-state index contributed by atoms with van der Waals surface area (Å²) in [6.45, 7) is 4.94. The molecule has 1 unspecified atom stereocenters. The van der Waals surface area contributed by atoms with Gasteiger partial charge in [-0.25, -0.2) is 0 Å². The Hall–Kier alpha value is -1.43. The number of fused-ring (bicyclic) bond motifs is 1. The standard InChI is InChI=1S/C15H16ClNO3S/c1-2-17(8-11-3-4-15(16)21-11)7-10-5-13-14(6-12(10)18)20-9-19-13/h3-6,18H,2,7-9H2,1H3/p+1. The molecule has 0 spiro atoms. The molecule has 0 aliphatic carbocycles. The fraction of sp³-hybridized carbons (Fsp3) is 0.333. The topological polar surface area (TPSA) is 43.1 Å². The molecule has 1 aliphatic heterocycles. The number of phenolic OH excluding ortho intramolecular Hbond substituents is 1. The molecule has 21 heavy (non-hydrogen) atoms. The number of aromatic hydroxyl groups is 1. The van der Waals surface area contributed by atoms with Gasteiger partial charge in [0.05, 0.1) is 21.3 Å². The van der Waals surface area contributed by atoms with Gasteiger partial charge in [0, 0.05) is 6.07 Å². The van der Waals surface area contributed by atoms with Crippen LogP contribution in [-0.4, -0.2) is 18.4 Å². The first-order chi connectivity index (χ1) is 10.2. The van der Waals surface area contributed by atoms with Crippen LogP contribution in [0.25, 0.3) is 0 Å². The van der Waals surface area contributed by atoms with Gasteiger partial charge in [0.2, 0.25) is 6.79 Å². The first-order valence-electron chi connectivity index (χ1n) is 6.85. The van der Waals surface area contributed by atoms with Crippen molar-refractivity contribution in [2.45, 2.75) is 20.0 Å². The highest BCUT2D eigenvalue weighted by Crippen LogP contribution is 2.37. The Balaban J connectivity index is 1.74. The summed E-state index contributed by atoms with van der Waals surface area (Å²) < 4.78 is 11.4. The average Bonchev–Trinajstić information content (AvgIpc) is 3.07. The van der Waals surface area contributed by atoms with Crippen LogP contribution in [0.4, 0.5) is 0 Å². The minimum Gasteiger partial charge on any atom is -0.507 e. The maximum absolute atomic E-state index is 10.1. The van der Waals surface area contributed by atoms with E-state index in [0.29, 0.717) is 11.5 Å². The van der Waals surface area contributed by atoms with Gasteiger partial charge >= 0.3 is 0 Å². The zero-order valence-electron chi connectivity index (χ0n) is 11.7. The van der Waals surface area contributed by atoms with Gasteiger partial charge in [0.1, 0.15) is 18.8 Å². The smallest absolute Gasteiger partial charge is 0.231 e. The minimum atomic E-state index is 0.219. The Labute approximate surface area is 132 Å². The van der Waals surface area contributed by atoms with E-state index >= 15 is 0 Å². The molecular formula is C15H17ClNO3S+. The molecule has 112 valence electrons. The largest absolute Gasteiger partial charge is 0.507 e. The molecule has 2 aromatic rings. The van der Waals surface area contributed by atoms with E-state index in [9.17, 15) is 5.11 Å². The van der Waals surface area contributed by atoms with Gasteiger partial charge < -0.3 is 19.5 Å². The lowest BCUT2D eigenvalue weighted by Gasteiger charge is -2.17. The number of nitrogens with one attached hydrogen (secondary N) is 1. The van der Waals surface area contributed by atoms with E-state index in [1.807, 2.05) is 12.1 Å². The predicted molar refractivity (Wildman–Crippen MR) is 82.5 cm³/mol. The van der Waals surface area contributed by atoms with Crippen molar-refractivity contribution in [3.8, 4) is 17.2 Å². The van der Waals surface area contributed by atoms with E-state index in [1.165, 1.54) is 9.78 Å². The van der Waals surface area contributed by atoms with Gasteiger partial charge in [-0.3, -0.25) is 0 Å². The highest BCUT2D eigenvalue weighted by atomic mass is 35.5. The number of phenols is 1. The third-order valence-corrected chi connectivity index (χ3v) is 4.80. The third kappa shape index (κ3) is 3.26. The summed E-state index contributed by atoms with van der Waals surface area (Å²) in [7, 11) is 0. The second-order valence-corrected chi connectivity index (χ2v) is 6.80. The molecule has 0 fully saturated rings. The van der Waals surface area contributed by atoms with E-state index in [-0.39, 0.29) is 12.5 Å². The predicted octanol–water partition coefficient (Wildman–Crippen LogP) is 2.44. The summed E-state index contributed by atoms with van der Waals surface area (Å²) in [5, 5.41) is 10.1. The molecule has 1 aromatic carbocycles. The van der Waals surface area contributed by atoms with Crippen LogP contribution in [0.5, 0.6) is 17.2 Å². The molecular weight excluding hydrogens is 310 g/mol. The summed E-state index contributed by atoms with van der Waals surface area (Å²) in [5.41, 5.74) is 0.874. The zero-order chi connectivity index (χ0) is 14.8. The van der Waals surface area contributed by atoms with Crippen molar-refractivity contribution in [3.63, 3.8) is 0 Å². The molecule has 0 amide bonds. The highest BCUT2D eigenvalue weighted by Gasteiger charge is 2.20. The summed E-state index contributed by atoms with van der Waals surface area (Å²) in [6.07, 6.45) is 0. The molecule has 2 heterocycles. The fourth-order valence-electron chi connectivity index (χ4n) is 2.39. The van der Waals surface area contributed by atoms with E-state index < -0.39 is 0 Å². The zero-order valence-corrected chi connectivity index (χ0v) is 13.3. The van der Waals surface area contributed by atoms with Crippen LogP contribution in [-0.2, 0) is 13.1 Å². The van der Waals surface area contributed by atoms with Crippen molar-refractivity contribution in [2.24, 2.45) is 0 Å². The van der Waals surface area contributed by atoms with Crippen LogP contribution in [0, 0.1) is 0 Å². The van der Waals surface area contributed by atoms with Crippen molar-refractivity contribution >= 4 is 22.9 Å². The van der Waals surface area contributed by atoms with Crippen LogP contribution in [0.1, 0.15) is 17.4 Å². The Morgan fingerprint density at radius 3 is 2.67 bits per heavy atom. The van der Waals surface area contributed by atoms with Crippen LogP contribution in [0.3, 0.4) is 0 Å². The molecule has 1 atom stereocenters. The Morgan fingerprint density at radius 1 is 1.24 bits per heavy atom. The molecule has 2 N–H and O–H groups in total.